The lowest BCUT2D eigenvalue weighted by molar-refractivity contribution is 1.05. The molecule has 0 atom stereocenters. The van der Waals surface area contributed by atoms with Crippen LogP contribution in [0.3, 0.4) is 0 Å². The Bertz CT molecular complexity index is 421. The van der Waals surface area contributed by atoms with Gasteiger partial charge in [-0.25, -0.2) is 0 Å². The van der Waals surface area contributed by atoms with E-state index in [1.165, 1.54) is 0 Å². The van der Waals surface area contributed by atoms with E-state index in [0.29, 0.717) is 5.69 Å². The number of hydrogen-bond donors (Lipinski definition) is 1. The molecular formula is C9H11N3O. The molecule has 0 aliphatic carbocycles. The van der Waals surface area contributed by atoms with Crippen molar-refractivity contribution in [1.82, 2.24) is 4.98 Å². The first-order chi connectivity index (χ1) is 6.13. The summed E-state index contributed by atoms with van der Waals surface area (Å²) in [5, 5.41) is 0. The number of fused-ring (bicyclic) bond motifs is 1. The lowest BCUT2D eigenvalue weighted by Gasteiger charge is -2.15. The molecule has 0 saturated heterocycles. The Balaban J connectivity index is 2.73. The first-order valence-electron chi connectivity index (χ1n) is 4.01. The molecule has 13 heavy (non-hydrogen) atoms. The molecule has 68 valence electrons. The lowest BCUT2D eigenvalue weighted by Crippen LogP contribution is -2.22. The monoisotopic (exact) mass is 177 g/mol. The zero-order valence-corrected chi connectivity index (χ0v) is 7.66. The summed E-state index contributed by atoms with van der Waals surface area (Å²) in [5.74, 6) is 0.812. The minimum atomic E-state index is -0.0782. The van der Waals surface area contributed by atoms with Crippen molar-refractivity contribution in [2.24, 2.45) is 0 Å². The van der Waals surface area contributed by atoms with Gasteiger partial charge >= 0.3 is 0 Å². The average Bonchev–Trinajstić information content (AvgIpc) is 2.33. The summed E-state index contributed by atoms with van der Waals surface area (Å²) in [6.45, 7) is 3.87. The van der Waals surface area contributed by atoms with Gasteiger partial charge in [-0.1, -0.05) is 6.58 Å². The molecule has 4 heteroatoms. The van der Waals surface area contributed by atoms with Crippen LogP contribution in [0, 0.1) is 0 Å². The highest BCUT2D eigenvalue weighted by Crippen LogP contribution is 2.34. The first-order valence-corrected chi connectivity index (χ1v) is 4.01. The number of rotatable bonds is 0. The van der Waals surface area contributed by atoms with Crippen molar-refractivity contribution < 1.29 is 0 Å². The van der Waals surface area contributed by atoms with Crippen molar-refractivity contribution in [1.29, 1.82) is 0 Å². The number of hydrogen-bond acceptors (Lipinski definition) is 3. The third kappa shape index (κ3) is 0.884. The highest BCUT2D eigenvalue weighted by Gasteiger charge is 2.26. The van der Waals surface area contributed by atoms with Crippen LogP contribution in [0.25, 0.3) is 0 Å². The van der Waals surface area contributed by atoms with Gasteiger partial charge in [-0.15, -0.1) is 0 Å². The minimum Gasteiger partial charge on any atom is -0.329 e. The second kappa shape index (κ2) is 2.39. The summed E-state index contributed by atoms with van der Waals surface area (Å²) < 4.78 is 0. The fraction of sp³-hybridized carbons (Fsp3) is 0.222. The summed E-state index contributed by atoms with van der Waals surface area (Å²) in [6.07, 6.45) is 1.64. The molecule has 1 aliphatic heterocycles. The molecule has 1 N–H and O–H groups in total. The van der Waals surface area contributed by atoms with Crippen LogP contribution in [0.4, 0.5) is 11.4 Å². The molecule has 1 aliphatic rings. The molecule has 1 aromatic heterocycles. The van der Waals surface area contributed by atoms with Gasteiger partial charge in [0.25, 0.3) is 5.56 Å². The molecule has 0 spiro atoms. The Morgan fingerprint density at radius 3 is 2.69 bits per heavy atom. The van der Waals surface area contributed by atoms with Crippen LogP contribution in [0.15, 0.2) is 29.5 Å². The molecular weight excluding hydrogens is 166 g/mol. The molecule has 0 saturated carbocycles. The molecule has 0 radical (unpaired) electrons. The van der Waals surface area contributed by atoms with Crippen LogP contribution in [0.1, 0.15) is 0 Å². The van der Waals surface area contributed by atoms with E-state index in [-0.39, 0.29) is 5.56 Å². The van der Waals surface area contributed by atoms with Crippen LogP contribution in [-0.4, -0.2) is 19.1 Å². The molecule has 1 aromatic rings. The second-order valence-electron chi connectivity index (χ2n) is 3.07. The smallest absolute Gasteiger partial charge is 0.274 e. The Hall–Kier alpha value is -1.71. The number of nitrogens with zero attached hydrogens (tertiary/aromatic N) is 2. The maximum absolute atomic E-state index is 11.4. The van der Waals surface area contributed by atoms with Crippen LogP contribution in [-0.2, 0) is 0 Å². The van der Waals surface area contributed by atoms with Gasteiger partial charge in [-0.05, 0) is 6.07 Å². The molecule has 0 amide bonds. The van der Waals surface area contributed by atoms with Crippen molar-refractivity contribution in [3.63, 3.8) is 0 Å². The second-order valence-corrected chi connectivity index (χ2v) is 3.07. The number of pyridine rings is 1. The number of anilines is 2. The third-order valence-electron chi connectivity index (χ3n) is 2.38. The number of H-pyrrole nitrogens is 1. The maximum atomic E-state index is 11.4. The normalized spacial score (nSPS) is 15.1. The molecule has 0 bridgehead atoms. The van der Waals surface area contributed by atoms with Crippen LogP contribution in [0.5, 0.6) is 0 Å². The molecule has 0 fully saturated rings. The predicted octanol–water partition coefficient (Wildman–Crippen LogP) is 0.732. The SMILES string of the molecule is C=C1N(C)c2cc[nH]c(=O)c2N1C. The van der Waals surface area contributed by atoms with Crippen molar-refractivity contribution in [2.45, 2.75) is 0 Å². The zero-order valence-electron chi connectivity index (χ0n) is 7.66. The van der Waals surface area contributed by atoms with Gasteiger partial charge in [0, 0.05) is 20.3 Å². The number of aromatic amines is 1. The zero-order chi connectivity index (χ0) is 9.59. The Morgan fingerprint density at radius 2 is 2.08 bits per heavy atom. The molecule has 0 aromatic carbocycles. The van der Waals surface area contributed by atoms with E-state index in [9.17, 15) is 4.79 Å². The molecule has 0 unspecified atom stereocenters. The summed E-state index contributed by atoms with van der Waals surface area (Å²) in [7, 11) is 3.73. The summed E-state index contributed by atoms with van der Waals surface area (Å²) >= 11 is 0. The van der Waals surface area contributed by atoms with Crippen LogP contribution < -0.4 is 15.4 Å². The lowest BCUT2D eigenvalue weighted by atomic mass is 10.3. The standard InChI is InChI=1S/C9H11N3O/c1-6-11(2)7-4-5-10-9(13)8(7)12(6)3/h4-5H,1H2,2-3H3,(H,10,13). The summed E-state index contributed by atoms with van der Waals surface area (Å²) in [6, 6.07) is 1.87. The molecule has 2 heterocycles. The van der Waals surface area contributed by atoms with E-state index in [0.717, 1.165) is 11.5 Å². The summed E-state index contributed by atoms with van der Waals surface area (Å²) in [4.78, 5) is 17.8. The topological polar surface area (TPSA) is 39.3 Å². The molecule has 4 nitrogen and oxygen atoms in total. The fourth-order valence-corrected chi connectivity index (χ4v) is 1.55. The third-order valence-corrected chi connectivity index (χ3v) is 2.38. The minimum absolute atomic E-state index is 0.0782. The van der Waals surface area contributed by atoms with Gasteiger partial charge in [-0.3, -0.25) is 4.79 Å². The number of aromatic nitrogens is 1. The number of nitrogens with one attached hydrogen (secondary N) is 1. The van der Waals surface area contributed by atoms with E-state index in [1.54, 1.807) is 11.1 Å². The van der Waals surface area contributed by atoms with Crippen molar-refractivity contribution in [2.75, 3.05) is 23.9 Å². The van der Waals surface area contributed by atoms with Crippen molar-refractivity contribution in [3.8, 4) is 0 Å². The van der Waals surface area contributed by atoms with E-state index in [2.05, 4.69) is 11.6 Å². The van der Waals surface area contributed by atoms with Gasteiger partial charge in [0.1, 0.15) is 11.5 Å². The van der Waals surface area contributed by atoms with Gasteiger partial charge in [-0.2, -0.15) is 0 Å². The Morgan fingerprint density at radius 1 is 1.38 bits per heavy atom. The summed E-state index contributed by atoms with van der Waals surface area (Å²) in [5.41, 5.74) is 1.48. The highest BCUT2D eigenvalue weighted by atomic mass is 16.1. The van der Waals surface area contributed by atoms with Crippen LogP contribution in [0.2, 0.25) is 0 Å². The van der Waals surface area contributed by atoms with Gasteiger partial charge in [0.05, 0.1) is 5.69 Å². The van der Waals surface area contributed by atoms with E-state index in [1.807, 2.05) is 25.1 Å². The Kier molecular flexibility index (Phi) is 1.45. The van der Waals surface area contributed by atoms with Gasteiger partial charge < -0.3 is 14.8 Å². The van der Waals surface area contributed by atoms with Crippen LogP contribution >= 0.6 is 0 Å². The highest BCUT2D eigenvalue weighted by molar-refractivity contribution is 5.80. The quantitative estimate of drug-likeness (QED) is 0.635. The maximum Gasteiger partial charge on any atom is 0.274 e. The Labute approximate surface area is 76.1 Å². The molecule has 2 rings (SSSR count). The van der Waals surface area contributed by atoms with Gasteiger partial charge in [0.2, 0.25) is 0 Å². The largest absolute Gasteiger partial charge is 0.329 e. The van der Waals surface area contributed by atoms with E-state index < -0.39 is 0 Å². The van der Waals surface area contributed by atoms with Crippen molar-refractivity contribution >= 4 is 11.4 Å². The fourth-order valence-electron chi connectivity index (χ4n) is 1.55. The van der Waals surface area contributed by atoms with Gasteiger partial charge in [0.15, 0.2) is 0 Å². The van der Waals surface area contributed by atoms with E-state index >= 15 is 0 Å². The van der Waals surface area contributed by atoms with E-state index in [4.69, 9.17) is 0 Å². The van der Waals surface area contributed by atoms with Crippen molar-refractivity contribution in [3.05, 3.63) is 35.0 Å². The first kappa shape index (κ1) is 7.91. The average molecular weight is 177 g/mol. The predicted molar refractivity (Wildman–Crippen MR) is 53.0 cm³/mol.